The topological polar surface area (TPSA) is 110 Å². The van der Waals surface area contributed by atoms with Crippen molar-refractivity contribution in [3.63, 3.8) is 0 Å². The highest BCUT2D eigenvalue weighted by atomic mass is 32.1. The van der Waals surface area contributed by atoms with E-state index in [9.17, 15) is 9.59 Å². The first-order valence-corrected chi connectivity index (χ1v) is 7.54. The van der Waals surface area contributed by atoms with Crippen LogP contribution in [0.2, 0.25) is 0 Å². The number of rotatable bonds is 5. The Morgan fingerprint density at radius 1 is 1.32 bits per heavy atom. The summed E-state index contributed by atoms with van der Waals surface area (Å²) >= 11 is 1.22. The molecule has 0 atom stereocenters. The Kier molecular flexibility index (Phi) is 5.05. The number of carbonyl (C=O) groups excluding carboxylic acids is 2. The Balaban J connectivity index is 1.99. The first-order valence-electron chi connectivity index (χ1n) is 6.72. The van der Waals surface area contributed by atoms with Gasteiger partial charge >= 0.3 is 0 Å². The molecular weight excluding hydrogens is 302 g/mol. The Morgan fingerprint density at radius 2 is 2.09 bits per heavy atom. The molecule has 7 nitrogen and oxygen atoms in total. The first-order chi connectivity index (χ1) is 10.5. The molecule has 4 N–H and O–H groups in total. The number of nitrogens with two attached hydrogens (primary N) is 1. The van der Waals surface area contributed by atoms with E-state index in [1.54, 1.807) is 38.1 Å². The van der Waals surface area contributed by atoms with Gasteiger partial charge in [0.1, 0.15) is 5.01 Å². The second-order valence-electron chi connectivity index (χ2n) is 4.94. The molecule has 8 heteroatoms. The zero-order valence-corrected chi connectivity index (χ0v) is 13.1. The summed E-state index contributed by atoms with van der Waals surface area (Å²) in [5.41, 5.74) is 6.53. The molecule has 2 rings (SSSR count). The van der Waals surface area contributed by atoms with Crippen LogP contribution < -0.4 is 16.4 Å². The van der Waals surface area contributed by atoms with E-state index in [1.807, 2.05) is 0 Å². The summed E-state index contributed by atoms with van der Waals surface area (Å²) in [5.74, 6) is -0.475. The van der Waals surface area contributed by atoms with E-state index in [1.165, 1.54) is 11.3 Å². The molecule has 1 aromatic heterocycles. The van der Waals surface area contributed by atoms with Crippen LogP contribution in [-0.2, 0) is 11.3 Å². The summed E-state index contributed by atoms with van der Waals surface area (Å²) in [5, 5.41) is 14.0. The van der Waals surface area contributed by atoms with Crippen molar-refractivity contribution in [2.24, 2.45) is 5.92 Å². The van der Waals surface area contributed by atoms with Crippen LogP contribution in [0.25, 0.3) is 0 Å². The number of hydrogen-bond acceptors (Lipinski definition) is 6. The molecule has 0 bridgehead atoms. The number of aromatic nitrogens is 2. The number of nitrogens with one attached hydrogen (secondary N) is 2. The molecule has 0 fully saturated rings. The molecule has 0 saturated carbocycles. The number of carbonyl (C=O) groups is 2. The lowest BCUT2D eigenvalue weighted by Gasteiger charge is -2.09. The summed E-state index contributed by atoms with van der Waals surface area (Å²) in [4.78, 5) is 23.8. The number of amides is 2. The number of anilines is 2. The molecule has 0 unspecified atom stereocenters. The number of benzene rings is 1. The summed E-state index contributed by atoms with van der Waals surface area (Å²) in [6.07, 6.45) is 0. The quantitative estimate of drug-likeness (QED) is 0.776. The van der Waals surface area contributed by atoms with Gasteiger partial charge in [-0.1, -0.05) is 31.3 Å². The minimum Gasteiger partial charge on any atom is -0.374 e. The highest BCUT2D eigenvalue weighted by Crippen LogP contribution is 2.13. The van der Waals surface area contributed by atoms with Crippen LogP contribution in [-0.4, -0.2) is 22.0 Å². The Hall–Kier alpha value is -2.48. The first kappa shape index (κ1) is 15.9. The van der Waals surface area contributed by atoms with Crippen molar-refractivity contribution >= 4 is 34.0 Å². The predicted octanol–water partition coefficient (Wildman–Crippen LogP) is 1.64. The van der Waals surface area contributed by atoms with Gasteiger partial charge in [0.15, 0.2) is 0 Å². The second-order valence-corrected chi connectivity index (χ2v) is 6.04. The van der Waals surface area contributed by atoms with Gasteiger partial charge in [-0.05, 0) is 18.2 Å². The van der Waals surface area contributed by atoms with Crippen LogP contribution in [0, 0.1) is 5.92 Å². The van der Waals surface area contributed by atoms with Crippen LogP contribution in [0.5, 0.6) is 0 Å². The van der Waals surface area contributed by atoms with Crippen LogP contribution in [0.1, 0.15) is 29.2 Å². The Morgan fingerprint density at radius 3 is 2.73 bits per heavy atom. The van der Waals surface area contributed by atoms with Gasteiger partial charge in [-0.3, -0.25) is 9.59 Å². The number of nitrogen functional groups attached to an aromatic ring is 1. The van der Waals surface area contributed by atoms with Gasteiger partial charge in [0.25, 0.3) is 5.91 Å². The highest BCUT2D eigenvalue weighted by Gasteiger charge is 2.10. The maximum Gasteiger partial charge on any atom is 0.251 e. The maximum atomic E-state index is 12.1. The smallest absolute Gasteiger partial charge is 0.251 e. The van der Waals surface area contributed by atoms with Crippen molar-refractivity contribution in [3.05, 3.63) is 34.8 Å². The summed E-state index contributed by atoms with van der Waals surface area (Å²) in [6, 6.07) is 6.76. The maximum absolute atomic E-state index is 12.1. The molecule has 22 heavy (non-hydrogen) atoms. The van der Waals surface area contributed by atoms with Crippen molar-refractivity contribution in [1.29, 1.82) is 0 Å². The number of hydrogen-bond donors (Lipinski definition) is 3. The van der Waals surface area contributed by atoms with Crippen molar-refractivity contribution in [2.45, 2.75) is 20.4 Å². The van der Waals surface area contributed by atoms with Crippen molar-refractivity contribution in [2.75, 3.05) is 11.1 Å². The predicted molar refractivity (Wildman–Crippen MR) is 85.4 cm³/mol. The molecule has 0 radical (unpaired) electrons. The lowest BCUT2D eigenvalue weighted by atomic mass is 10.1. The van der Waals surface area contributed by atoms with Crippen molar-refractivity contribution in [3.8, 4) is 0 Å². The summed E-state index contributed by atoms with van der Waals surface area (Å²) in [6.45, 7) is 3.87. The molecule has 2 amide bonds. The fourth-order valence-electron chi connectivity index (χ4n) is 1.62. The van der Waals surface area contributed by atoms with E-state index in [0.717, 1.165) is 0 Å². The fraction of sp³-hybridized carbons (Fsp3) is 0.286. The molecule has 116 valence electrons. The monoisotopic (exact) mass is 319 g/mol. The third kappa shape index (κ3) is 4.26. The van der Waals surface area contributed by atoms with E-state index >= 15 is 0 Å². The molecule has 0 spiro atoms. The van der Waals surface area contributed by atoms with Crippen molar-refractivity contribution in [1.82, 2.24) is 15.5 Å². The average molecular weight is 319 g/mol. The Labute approximate surface area is 131 Å². The Bertz CT molecular complexity index is 683. The molecule has 0 saturated heterocycles. The van der Waals surface area contributed by atoms with Crippen LogP contribution in [0.3, 0.4) is 0 Å². The second kappa shape index (κ2) is 6.99. The van der Waals surface area contributed by atoms with Gasteiger partial charge in [0.05, 0.1) is 6.54 Å². The molecule has 1 aromatic carbocycles. The lowest BCUT2D eigenvalue weighted by molar-refractivity contribution is -0.118. The molecule has 1 heterocycles. The normalized spacial score (nSPS) is 10.5. The van der Waals surface area contributed by atoms with E-state index in [2.05, 4.69) is 20.8 Å². The van der Waals surface area contributed by atoms with E-state index in [-0.39, 0.29) is 24.3 Å². The van der Waals surface area contributed by atoms with Crippen LogP contribution in [0.4, 0.5) is 10.8 Å². The minimum atomic E-state index is -0.255. The zero-order valence-electron chi connectivity index (χ0n) is 12.3. The molecule has 0 aliphatic heterocycles. The number of nitrogens with zero attached hydrogens (tertiary/aromatic N) is 2. The largest absolute Gasteiger partial charge is 0.374 e. The molecule has 2 aromatic rings. The van der Waals surface area contributed by atoms with Crippen LogP contribution in [0.15, 0.2) is 24.3 Å². The standard InChI is InChI=1S/C14H17N5O2S/c1-8(2)12(20)17-10-5-3-4-9(6-10)13(21)16-7-11-18-19-14(15)22-11/h3-6,8H,7H2,1-2H3,(H2,15,19)(H,16,21)(H,17,20). The minimum absolute atomic E-state index is 0.0955. The third-order valence-corrected chi connectivity index (χ3v) is 3.55. The fourth-order valence-corrected chi connectivity index (χ4v) is 2.17. The average Bonchev–Trinajstić information content (AvgIpc) is 2.90. The summed E-state index contributed by atoms with van der Waals surface area (Å²) < 4.78 is 0. The zero-order chi connectivity index (χ0) is 16.1. The highest BCUT2D eigenvalue weighted by molar-refractivity contribution is 7.15. The summed E-state index contributed by atoms with van der Waals surface area (Å²) in [7, 11) is 0. The van der Waals surface area contributed by atoms with Gasteiger partial charge in [-0.2, -0.15) is 0 Å². The van der Waals surface area contributed by atoms with E-state index in [4.69, 9.17) is 5.73 Å². The van der Waals surface area contributed by atoms with Gasteiger partial charge in [0.2, 0.25) is 11.0 Å². The van der Waals surface area contributed by atoms with Gasteiger partial charge in [-0.25, -0.2) is 0 Å². The SMILES string of the molecule is CC(C)C(=O)Nc1cccc(C(=O)NCc2nnc(N)s2)c1. The molecular formula is C14H17N5O2S. The van der Waals surface area contributed by atoms with Crippen molar-refractivity contribution < 1.29 is 9.59 Å². The van der Waals surface area contributed by atoms with E-state index < -0.39 is 0 Å². The lowest BCUT2D eigenvalue weighted by Crippen LogP contribution is -2.23. The molecule has 0 aliphatic rings. The van der Waals surface area contributed by atoms with Gasteiger partial charge in [0, 0.05) is 17.2 Å². The molecule has 0 aliphatic carbocycles. The van der Waals surface area contributed by atoms with Gasteiger partial charge in [-0.15, -0.1) is 10.2 Å². The van der Waals surface area contributed by atoms with Crippen LogP contribution >= 0.6 is 11.3 Å². The van der Waals surface area contributed by atoms with E-state index in [0.29, 0.717) is 21.4 Å². The third-order valence-electron chi connectivity index (χ3n) is 2.80. The van der Waals surface area contributed by atoms with Gasteiger partial charge < -0.3 is 16.4 Å².